The summed E-state index contributed by atoms with van der Waals surface area (Å²) in [5.41, 5.74) is 6.01. The second kappa shape index (κ2) is 6.93. The summed E-state index contributed by atoms with van der Waals surface area (Å²) in [5.74, 6) is 0.858. The van der Waals surface area contributed by atoms with E-state index in [9.17, 15) is 4.79 Å². The van der Waals surface area contributed by atoms with Crippen LogP contribution < -0.4 is 10.5 Å². The molecule has 8 heteroatoms. The number of thiazole rings is 1. The van der Waals surface area contributed by atoms with Crippen molar-refractivity contribution in [3.8, 4) is 0 Å². The van der Waals surface area contributed by atoms with Crippen molar-refractivity contribution in [2.45, 2.75) is 44.5 Å². The number of esters is 1. The summed E-state index contributed by atoms with van der Waals surface area (Å²) in [4.78, 5) is 12.6. The van der Waals surface area contributed by atoms with Crippen molar-refractivity contribution in [2.75, 3.05) is 11.3 Å². The van der Waals surface area contributed by atoms with Gasteiger partial charge in [-0.2, -0.15) is 0 Å². The average molecular weight is 334 g/mol. The molecule has 0 aliphatic carbocycles. The van der Waals surface area contributed by atoms with Crippen LogP contribution in [0.2, 0.25) is 0 Å². The maximum atomic E-state index is 11.5. The van der Waals surface area contributed by atoms with Crippen LogP contribution in [0.15, 0.2) is 0 Å². The average Bonchev–Trinajstić information content (AvgIpc) is 2.92. The number of nitrogens with zero attached hydrogens (tertiary/aromatic N) is 1. The third-order valence-corrected chi connectivity index (χ3v) is 5.67. The predicted molar refractivity (Wildman–Crippen MR) is 86.5 cm³/mol. The van der Waals surface area contributed by atoms with Gasteiger partial charge in [-0.15, -0.1) is 11.3 Å². The molecule has 1 aromatic heterocycles. The standard InChI is InChI=1S/C12H19N3O2S3/c1-3-7(5-6-8(16)17-4-2)15-11-9(19-12(15)18)10(13)20-14-11/h7,10,14H,3-6,13H2,1-2H3. The molecule has 0 aromatic carbocycles. The van der Waals surface area contributed by atoms with E-state index in [2.05, 4.69) is 16.2 Å². The lowest BCUT2D eigenvalue weighted by Gasteiger charge is -2.18. The normalized spacial score (nSPS) is 18.4. The van der Waals surface area contributed by atoms with Gasteiger partial charge < -0.3 is 19.8 Å². The summed E-state index contributed by atoms with van der Waals surface area (Å²) in [6.07, 6.45) is 2.06. The number of anilines is 1. The van der Waals surface area contributed by atoms with Gasteiger partial charge in [-0.1, -0.05) is 6.92 Å². The lowest BCUT2D eigenvalue weighted by Crippen LogP contribution is -2.13. The summed E-state index contributed by atoms with van der Waals surface area (Å²) >= 11 is 8.50. The third-order valence-electron chi connectivity index (χ3n) is 3.23. The Labute approximate surface area is 132 Å². The van der Waals surface area contributed by atoms with Crippen LogP contribution in [0.4, 0.5) is 5.82 Å². The zero-order chi connectivity index (χ0) is 14.7. The number of aromatic nitrogens is 1. The molecule has 1 aliphatic heterocycles. The molecule has 2 atom stereocenters. The molecule has 0 radical (unpaired) electrons. The number of nitrogens with one attached hydrogen (secondary N) is 1. The van der Waals surface area contributed by atoms with Crippen LogP contribution in [0.1, 0.15) is 49.4 Å². The summed E-state index contributed by atoms with van der Waals surface area (Å²) < 4.78 is 11.2. The lowest BCUT2D eigenvalue weighted by molar-refractivity contribution is -0.143. The molecule has 2 rings (SSSR count). The molecule has 0 saturated heterocycles. The van der Waals surface area contributed by atoms with Gasteiger partial charge in [0.25, 0.3) is 0 Å². The monoisotopic (exact) mass is 333 g/mol. The first-order chi connectivity index (χ1) is 9.58. The van der Waals surface area contributed by atoms with E-state index in [1.807, 2.05) is 6.92 Å². The molecule has 0 fully saturated rings. The Hall–Kier alpha value is -0.570. The van der Waals surface area contributed by atoms with E-state index in [-0.39, 0.29) is 17.4 Å². The van der Waals surface area contributed by atoms with Crippen molar-refractivity contribution in [1.82, 2.24) is 4.57 Å². The highest BCUT2D eigenvalue weighted by Crippen LogP contribution is 2.45. The van der Waals surface area contributed by atoms with E-state index >= 15 is 0 Å². The first-order valence-electron chi connectivity index (χ1n) is 6.66. The highest BCUT2D eigenvalue weighted by Gasteiger charge is 2.28. The molecule has 3 N–H and O–H groups in total. The Balaban J connectivity index is 2.14. The first kappa shape index (κ1) is 15.8. The molecule has 112 valence electrons. The first-order valence-corrected chi connectivity index (χ1v) is 8.77. The van der Waals surface area contributed by atoms with Gasteiger partial charge in [-0.3, -0.25) is 4.79 Å². The fraction of sp³-hybridized carbons (Fsp3) is 0.667. The molecule has 2 heterocycles. The van der Waals surface area contributed by atoms with Gasteiger partial charge in [0.15, 0.2) is 3.95 Å². The van der Waals surface area contributed by atoms with Gasteiger partial charge in [-0.25, -0.2) is 0 Å². The van der Waals surface area contributed by atoms with Crippen LogP contribution >= 0.6 is 35.5 Å². The molecule has 5 nitrogen and oxygen atoms in total. The van der Waals surface area contributed by atoms with Gasteiger partial charge in [-0.05, 0) is 43.9 Å². The Bertz CT molecular complexity index is 541. The highest BCUT2D eigenvalue weighted by atomic mass is 32.2. The van der Waals surface area contributed by atoms with E-state index in [1.165, 1.54) is 11.9 Å². The van der Waals surface area contributed by atoms with Crippen molar-refractivity contribution in [3.05, 3.63) is 8.83 Å². The van der Waals surface area contributed by atoms with E-state index in [4.69, 9.17) is 22.7 Å². The third kappa shape index (κ3) is 3.19. The van der Waals surface area contributed by atoms with Gasteiger partial charge in [0.05, 0.1) is 11.5 Å². The van der Waals surface area contributed by atoms with E-state index < -0.39 is 0 Å². The summed E-state index contributed by atoms with van der Waals surface area (Å²) in [6, 6.07) is 0.199. The fourth-order valence-electron chi connectivity index (χ4n) is 2.23. The zero-order valence-corrected chi connectivity index (χ0v) is 14.0. The van der Waals surface area contributed by atoms with Crippen LogP contribution in [0.25, 0.3) is 0 Å². The van der Waals surface area contributed by atoms with E-state index in [0.717, 1.165) is 27.5 Å². The molecule has 0 saturated carbocycles. The highest BCUT2D eigenvalue weighted by molar-refractivity contribution is 8.01. The number of carbonyl (C=O) groups excluding carboxylic acids is 1. The van der Waals surface area contributed by atoms with Crippen molar-refractivity contribution >= 4 is 47.3 Å². The maximum absolute atomic E-state index is 11.5. The van der Waals surface area contributed by atoms with Crippen LogP contribution in [0, 0.1) is 3.95 Å². The summed E-state index contributed by atoms with van der Waals surface area (Å²) in [7, 11) is 0. The van der Waals surface area contributed by atoms with E-state index in [1.54, 1.807) is 11.3 Å². The molecule has 0 amide bonds. The van der Waals surface area contributed by atoms with Crippen molar-refractivity contribution in [3.63, 3.8) is 0 Å². The number of rotatable bonds is 6. The number of fused-ring (bicyclic) bond motifs is 1. The van der Waals surface area contributed by atoms with Gasteiger partial charge in [0, 0.05) is 12.5 Å². The van der Waals surface area contributed by atoms with Crippen molar-refractivity contribution in [2.24, 2.45) is 5.73 Å². The van der Waals surface area contributed by atoms with Gasteiger partial charge in [0.2, 0.25) is 0 Å². The van der Waals surface area contributed by atoms with Crippen LogP contribution in [0.3, 0.4) is 0 Å². The Morgan fingerprint density at radius 2 is 2.35 bits per heavy atom. The Kier molecular flexibility index (Phi) is 5.48. The minimum atomic E-state index is -0.150. The fourth-order valence-corrected chi connectivity index (χ4v) is 4.65. The summed E-state index contributed by atoms with van der Waals surface area (Å²) in [5, 5.41) is -0.0551. The van der Waals surface area contributed by atoms with E-state index in [0.29, 0.717) is 13.0 Å². The SMILES string of the molecule is CCOC(=O)CCC(CC)n1c2c(sc1=S)C(N)SN2. The van der Waals surface area contributed by atoms with Gasteiger partial charge in [0.1, 0.15) is 11.2 Å². The maximum Gasteiger partial charge on any atom is 0.305 e. The van der Waals surface area contributed by atoms with Gasteiger partial charge >= 0.3 is 5.97 Å². The molecule has 0 spiro atoms. The minimum absolute atomic E-state index is 0.0551. The molecule has 2 unspecified atom stereocenters. The molecular weight excluding hydrogens is 314 g/mol. The molecular formula is C12H19N3O2S3. The topological polar surface area (TPSA) is 69.3 Å². The molecule has 1 aromatic rings. The number of ether oxygens (including phenoxy) is 1. The molecule has 0 bridgehead atoms. The smallest absolute Gasteiger partial charge is 0.305 e. The van der Waals surface area contributed by atoms with Crippen molar-refractivity contribution in [1.29, 1.82) is 0 Å². The Morgan fingerprint density at radius 3 is 3.00 bits per heavy atom. The second-order valence-electron chi connectivity index (χ2n) is 4.50. The molecule has 20 heavy (non-hydrogen) atoms. The number of hydrogen-bond acceptors (Lipinski definition) is 7. The van der Waals surface area contributed by atoms with Crippen LogP contribution in [-0.4, -0.2) is 17.1 Å². The second-order valence-corrected chi connectivity index (χ2v) is 7.12. The number of carbonyl (C=O) groups is 1. The number of nitrogens with two attached hydrogens (primary N) is 1. The summed E-state index contributed by atoms with van der Waals surface area (Å²) in [6.45, 7) is 4.35. The predicted octanol–water partition coefficient (Wildman–Crippen LogP) is 3.60. The minimum Gasteiger partial charge on any atom is -0.466 e. The van der Waals surface area contributed by atoms with Crippen LogP contribution in [0.5, 0.6) is 0 Å². The van der Waals surface area contributed by atoms with Crippen LogP contribution in [-0.2, 0) is 9.53 Å². The zero-order valence-electron chi connectivity index (χ0n) is 11.5. The molecule has 1 aliphatic rings. The number of hydrogen-bond donors (Lipinski definition) is 2. The lowest BCUT2D eigenvalue weighted by atomic mass is 10.1. The quantitative estimate of drug-likeness (QED) is 0.471. The largest absolute Gasteiger partial charge is 0.466 e. The Morgan fingerprint density at radius 1 is 1.60 bits per heavy atom. The van der Waals surface area contributed by atoms with Crippen molar-refractivity contribution < 1.29 is 9.53 Å².